The Balaban J connectivity index is 3.21. The van der Waals surface area contributed by atoms with Crippen LogP contribution in [0.1, 0.15) is 24.5 Å². The van der Waals surface area contributed by atoms with E-state index in [1.54, 1.807) is 0 Å². The Kier molecular flexibility index (Phi) is 4.41. The van der Waals surface area contributed by atoms with Crippen molar-refractivity contribution in [2.45, 2.75) is 19.5 Å². The Morgan fingerprint density at radius 2 is 2.11 bits per heavy atom. The second kappa shape index (κ2) is 5.61. The van der Waals surface area contributed by atoms with E-state index in [9.17, 15) is 13.2 Å². The number of oxime groups is 1. The van der Waals surface area contributed by atoms with Crippen LogP contribution in [0.5, 0.6) is 5.75 Å². The summed E-state index contributed by atoms with van der Waals surface area (Å²) in [6.45, 7) is 2.16. The molecule has 0 atom stereocenters. The molecule has 1 aromatic carbocycles. The first kappa shape index (κ1) is 14.1. The number of ether oxygens (including phenoxy) is 1. The molecule has 0 heterocycles. The number of amidine groups is 1. The van der Waals surface area contributed by atoms with Crippen molar-refractivity contribution in [1.29, 1.82) is 0 Å². The van der Waals surface area contributed by atoms with E-state index >= 15 is 0 Å². The fraction of sp³-hybridized carbons (Fsp3) is 0.364. The molecule has 0 bridgehead atoms. The summed E-state index contributed by atoms with van der Waals surface area (Å²) in [5, 5.41) is 11.0. The number of nitrogens with two attached hydrogens (primary N) is 1. The molecule has 0 aliphatic heterocycles. The summed E-state index contributed by atoms with van der Waals surface area (Å²) >= 11 is 0. The summed E-state index contributed by atoms with van der Waals surface area (Å²) in [6, 6.07) is 3.30. The monoisotopic (exact) mass is 262 g/mol. The summed E-state index contributed by atoms with van der Waals surface area (Å²) in [5.74, 6) is -0.497. The first-order valence-corrected chi connectivity index (χ1v) is 5.22. The molecule has 0 fully saturated rings. The number of rotatable bonds is 4. The molecule has 0 aliphatic rings. The molecule has 7 heteroatoms. The van der Waals surface area contributed by atoms with Gasteiger partial charge in [-0.05, 0) is 24.6 Å². The molecule has 4 nitrogen and oxygen atoms in total. The van der Waals surface area contributed by atoms with Crippen molar-refractivity contribution in [2.24, 2.45) is 10.9 Å². The molecule has 3 N–H and O–H groups in total. The molecule has 0 saturated heterocycles. The van der Waals surface area contributed by atoms with Crippen LogP contribution in [-0.2, 0) is 6.18 Å². The fourth-order valence-electron chi connectivity index (χ4n) is 1.34. The molecule has 0 spiro atoms. The maximum absolute atomic E-state index is 12.8. The number of hydrogen-bond acceptors (Lipinski definition) is 3. The lowest BCUT2D eigenvalue weighted by Crippen LogP contribution is -2.20. The minimum Gasteiger partial charge on any atom is -0.494 e. The Morgan fingerprint density at radius 1 is 1.44 bits per heavy atom. The second-order valence-corrected chi connectivity index (χ2v) is 3.54. The quantitative estimate of drug-likeness (QED) is 0.379. The normalized spacial score (nSPS) is 12.6. The zero-order valence-electron chi connectivity index (χ0n) is 9.66. The third kappa shape index (κ3) is 3.28. The van der Waals surface area contributed by atoms with Gasteiger partial charge in [0.25, 0.3) is 0 Å². The minimum absolute atomic E-state index is 0.0960. The van der Waals surface area contributed by atoms with Crippen molar-refractivity contribution in [1.82, 2.24) is 0 Å². The van der Waals surface area contributed by atoms with Crippen molar-refractivity contribution in [3.63, 3.8) is 0 Å². The van der Waals surface area contributed by atoms with Gasteiger partial charge in [0, 0.05) is 5.56 Å². The SMILES string of the molecule is CCCOc1ccc(/C(N)=N/O)c(C(F)(F)F)c1. The van der Waals surface area contributed by atoms with E-state index in [0.29, 0.717) is 13.0 Å². The topological polar surface area (TPSA) is 67.8 Å². The molecular formula is C11H13F3N2O2. The van der Waals surface area contributed by atoms with Gasteiger partial charge in [0.1, 0.15) is 5.75 Å². The van der Waals surface area contributed by atoms with Gasteiger partial charge in [-0.2, -0.15) is 13.2 Å². The van der Waals surface area contributed by atoms with Crippen molar-refractivity contribution in [2.75, 3.05) is 6.61 Å². The summed E-state index contributed by atoms with van der Waals surface area (Å²) in [7, 11) is 0. The average Bonchev–Trinajstić information content (AvgIpc) is 2.34. The van der Waals surface area contributed by atoms with E-state index in [0.717, 1.165) is 12.1 Å². The zero-order valence-corrected chi connectivity index (χ0v) is 9.66. The fourth-order valence-corrected chi connectivity index (χ4v) is 1.34. The van der Waals surface area contributed by atoms with E-state index in [4.69, 9.17) is 15.7 Å². The van der Waals surface area contributed by atoms with E-state index < -0.39 is 17.6 Å². The van der Waals surface area contributed by atoms with Crippen LogP contribution in [0.4, 0.5) is 13.2 Å². The van der Waals surface area contributed by atoms with E-state index in [2.05, 4.69) is 5.16 Å². The molecule has 1 aromatic rings. The molecule has 0 unspecified atom stereocenters. The lowest BCUT2D eigenvalue weighted by atomic mass is 10.1. The Morgan fingerprint density at radius 3 is 2.61 bits per heavy atom. The van der Waals surface area contributed by atoms with Crippen molar-refractivity contribution in [3.8, 4) is 5.75 Å². The number of benzene rings is 1. The van der Waals surface area contributed by atoms with Crippen LogP contribution in [0.3, 0.4) is 0 Å². The molecule has 100 valence electrons. The zero-order chi connectivity index (χ0) is 13.8. The van der Waals surface area contributed by atoms with Gasteiger partial charge in [-0.1, -0.05) is 12.1 Å². The highest BCUT2D eigenvalue weighted by molar-refractivity contribution is 5.98. The van der Waals surface area contributed by atoms with Crippen molar-refractivity contribution < 1.29 is 23.1 Å². The van der Waals surface area contributed by atoms with E-state index in [-0.39, 0.29) is 11.3 Å². The molecule has 0 radical (unpaired) electrons. The molecule has 0 amide bonds. The second-order valence-electron chi connectivity index (χ2n) is 3.54. The highest BCUT2D eigenvalue weighted by Crippen LogP contribution is 2.34. The van der Waals surface area contributed by atoms with Crippen LogP contribution in [0.2, 0.25) is 0 Å². The van der Waals surface area contributed by atoms with Gasteiger partial charge < -0.3 is 15.7 Å². The lowest BCUT2D eigenvalue weighted by molar-refractivity contribution is -0.137. The van der Waals surface area contributed by atoms with Gasteiger partial charge in [0.2, 0.25) is 0 Å². The van der Waals surface area contributed by atoms with Crippen molar-refractivity contribution >= 4 is 5.84 Å². The average molecular weight is 262 g/mol. The first-order chi connectivity index (χ1) is 8.40. The highest BCUT2D eigenvalue weighted by Gasteiger charge is 2.34. The third-order valence-electron chi connectivity index (χ3n) is 2.15. The van der Waals surface area contributed by atoms with Crippen LogP contribution < -0.4 is 10.5 Å². The summed E-state index contributed by atoms with van der Waals surface area (Å²) in [6.07, 6.45) is -3.92. The number of hydrogen-bond donors (Lipinski definition) is 2. The summed E-state index contributed by atoms with van der Waals surface area (Å²) < 4.78 is 43.5. The molecule has 1 rings (SSSR count). The van der Waals surface area contributed by atoms with Gasteiger partial charge in [-0.25, -0.2) is 0 Å². The van der Waals surface area contributed by atoms with Gasteiger partial charge in [-0.15, -0.1) is 0 Å². The van der Waals surface area contributed by atoms with Gasteiger partial charge in [0.15, 0.2) is 5.84 Å². The predicted octanol–water partition coefficient (Wildman–Crippen LogP) is 2.59. The predicted molar refractivity (Wildman–Crippen MR) is 59.7 cm³/mol. The maximum Gasteiger partial charge on any atom is 0.417 e. The van der Waals surface area contributed by atoms with Gasteiger partial charge >= 0.3 is 6.18 Å². The van der Waals surface area contributed by atoms with Gasteiger partial charge in [-0.3, -0.25) is 0 Å². The lowest BCUT2D eigenvalue weighted by Gasteiger charge is -2.14. The summed E-state index contributed by atoms with van der Waals surface area (Å²) in [5.41, 5.74) is 3.83. The molecule has 0 aromatic heterocycles. The Hall–Kier alpha value is -1.92. The van der Waals surface area contributed by atoms with Crippen molar-refractivity contribution in [3.05, 3.63) is 29.3 Å². The summed E-state index contributed by atoms with van der Waals surface area (Å²) in [4.78, 5) is 0. The number of alkyl halides is 3. The highest BCUT2D eigenvalue weighted by atomic mass is 19.4. The van der Waals surface area contributed by atoms with Crippen LogP contribution in [0, 0.1) is 0 Å². The minimum atomic E-state index is -4.60. The standard InChI is InChI=1S/C11H13F3N2O2/c1-2-5-18-7-3-4-8(10(15)16-17)9(6-7)11(12,13)14/h3-4,6,17H,2,5H2,1H3,(H2,15,16). The van der Waals surface area contributed by atoms with E-state index in [1.807, 2.05) is 6.92 Å². The molecule has 0 saturated carbocycles. The molecular weight excluding hydrogens is 249 g/mol. The number of halogens is 3. The van der Waals surface area contributed by atoms with Crippen LogP contribution >= 0.6 is 0 Å². The largest absolute Gasteiger partial charge is 0.494 e. The molecule has 18 heavy (non-hydrogen) atoms. The van der Waals surface area contributed by atoms with Crippen LogP contribution in [0.25, 0.3) is 0 Å². The smallest absolute Gasteiger partial charge is 0.417 e. The van der Waals surface area contributed by atoms with Crippen LogP contribution in [-0.4, -0.2) is 17.6 Å². The Labute approximate surface area is 102 Å². The molecule has 0 aliphatic carbocycles. The van der Waals surface area contributed by atoms with Gasteiger partial charge in [0.05, 0.1) is 12.2 Å². The maximum atomic E-state index is 12.8. The third-order valence-corrected chi connectivity index (χ3v) is 2.15. The van der Waals surface area contributed by atoms with Crippen LogP contribution in [0.15, 0.2) is 23.4 Å². The first-order valence-electron chi connectivity index (χ1n) is 5.22. The van der Waals surface area contributed by atoms with E-state index in [1.165, 1.54) is 6.07 Å². The Bertz CT molecular complexity index is 444. The number of nitrogens with zero attached hydrogens (tertiary/aromatic N) is 1.